The highest BCUT2D eigenvalue weighted by Gasteiger charge is 2.16. The van der Waals surface area contributed by atoms with Crippen molar-refractivity contribution in [1.29, 1.82) is 0 Å². The molecule has 0 fully saturated rings. The van der Waals surface area contributed by atoms with Crippen LogP contribution in [-0.2, 0) is 24.3 Å². The first kappa shape index (κ1) is 19.9. The molecule has 0 bridgehead atoms. The number of aryl methyl sites for hydroxylation is 2. The minimum absolute atomic E-state index is 0.116. The van der Waals surface area contributed by atoms with Gasteiger partial charge in [-0.05, 0) is 18.9 Å². The third-order valence-electron chi connectivity index (χ3n) is 5.65. The van der Waals surface area contributed by atoms with Crippen molar-refractivity contribution in [2.45, 2.75) is 32.4 Å². The molecule has 2 aromatic heterocycles. The summed E-state index contributed by atoms with van der Waals surface area (Å²) in [7, 11) is 0. The molecule has 1 N–H and O–H groups in total. The van der Waals surface area contributed by atoms with Gasteiger partial charge in [0, 0.05) is 36.4 Å². The lowest BCUT2D eigenvalue weighted by molar-refractivity contribution is -0.116. The monoisotopic (exact) mass is 425 g/mol. The minimum atomic E-state index is -0.294. The first-order chi connectivity index (χ1) is 15.7. The molecule has 2 aromatic carbocycles. The number of rotatable bonds is 5. The molecule has 0 saturated heterocycles. The number of imidazole rings is 1. The van der Waals surface area contributed by atoms with E-state index < -0.39 is 0 Å². The summed E-state index contributed by atoms with van der Waals surface area (Å²) in [4.78, 5) is 34.4. The predicted molar refractivity (Wildman–Crippen MR) is 123 cm³/mol. The van der Waals surface area contributed by atoms with E-state index in [2.05, 4.69) is 21.1 Å². The molecule has 0 spiro atoms. The lowest BCUT2D eigenvalue weighted by Gasteiger charge is -2.11. The van der Waals surface area contributed by atoms with Gasteiger partial charge in [-0.3, -0.25) is 14.2 Å². The van der Waals surface area contributed by atoms with E-state index in [1.807, 2.05) is 54.6 Å². The van der Waals surface area contributed by atoms with Crippen LogP contribution in [-0.4, -0.2) is 25.0 Å². The van der Waals surface area contributed by atoms with Crippen molar-refractivity contribution in [3.05, 3.63) is 89.4 Å². The van der Waals surface area contributed by atoms with Crippen molar-refractivity contribution < 1.29 is 4.79 Å². The number of nitrogens with zero attached hydrogens (tertiary/aromatic N) is 4. The van der Waals surface area contributed by atoms with Crippen molar-refractivity contribution in [1.82, 2.24) is 19.1 Å². The Morgan fingerprint density at radius 2 is 1.81 bits per heavy atom. The smallest absolute Gasteiger partial charge is 0.254 e. The molecular weight excluding hydrogens is 402 g/mol. The van der Waals surface area contributed by atoms with Crippen molar-refractivity contribution in [3.63, 3.8) is 0 Å². The number of amides is 1. The van der Waals surface area contributed by atoms with Gasteiger partial charge in [-0.2, -0.15) is 0 Å². The largest absolute Gasteiger partial charge is 0.334 e. The van der Waals surface area contributed by atoms with E-state index in [9.17, 15) is 9.59 Å². The summed E-state index contributed by atoms with van der Waals surface area (Å²) in [6.45, 7) is 0.862. The van der Waals surface area contributed by atoms with E-state index >= 15 is 0 Å². The van der Waals surface area contributed by atoms with Crippen molar-refractivity contribution in [2.24, 2.45) is 0 Å². The summed E-state index contributed by atoms with van der Waals surface area (Å²) in [5.41, 5.74) is 3.56. The van der Waals surface area contributed by atoms with Crippen LogP contribution < -0.4 is 10.9 Å². The second kappa shape index (κ2) is 8.63. The molecule has 0 radical (unpaired) electrons. The summed E-state index contributed by atoms with van der Waals surface area (Å²) in [6, 6.07) is 18.5. The highest BCUT2D eigenvalue weighted by molar-refractivity contribution is 5.94. The van der Waals surface area contributed by atoms with Crippen molar-refractivity contribution >= 4 is 11.6 Å². The van der Waals surface area contributed by atoms with Gasteiger partial charge in [0.1, 0.15) is 12.4 Å². The molecular formula is C25H23N5O2. The van der Waals surface area contributed by atoms with Crippen LogP contribution in [0.25, 0.3) is 22.5 Å². The first-order valence-electron chi connectivity index (χ1n) is 10.7. The van der Waals surface area contributed by atoms with Crippen LogP contribution >= 0.6 is 0 Å². The summed E-state index contributed by atoms with van der Waals surface area (Å²) in [6.07, 6.45) is 6.76. The SMILES string of the molecule is O=C(Cn1cnc(-c2ccccc2)cc1=O)Nc1ccccc1-c1cn2c(n1)CCCC2. The Labute approximate surface area is 185 Å². The lowest BCUT2D eigenvalue weighted by Crippen LogP contribution is -2.27. The number of fused-ring (bicyclic) bond motifs is 1. The Balaban J connectivity index is 1.34. The average Bonchev–Trinajstić information content (AvgIpc) is 3.25. The maximum atomic E-state index is 12.7. The number of carbonyl (C=O) groups excluding carboxylic acids is 1. The van der Waals surface area contributed by atoms with Gasteiger partial charge in [-0.25, -0.2) is 9.97 Å². The molecule has 5 rings (SSSR count). The topological polar surface area (TPSA) is 81.8 Å². The van der Waals surface area contributed by atoms with Gasteiger partial charge in [0.15, 0.2) is 0 Å². The normalized spacial score (nSPS) is 12.9. The van der Waals surface area contributed by atoms with Crippen LogP contribution in [0, 0.1) is 0 Å². The molecule has 32 heavy (non-hydrogen) atoms. The molecule has 0 aliphatic carbocycles. The van der Waals surface area contributed by atoms with Crippen LogP contribution in [0.1, 0.15) is 18.7 Å². The molecule has 1 amide bonds. The number of hydrogen-bond acceptors (Lipinski definition) is 4. The van der Waals surface area contributed by atoms with Crippen molar-refractivity contribution in [2.75, 3.05) is 5.32 Å². The second-order valence-corrected chi connectivity index (χ2v) is 7.89. The first-order valence-corrected chi connectivity index (χ1v) is 10.7. The molecule has 1 aliphatic heterocycles. The summed E-state index contributed by atoms with van der Waals surface area (Å²) < 4.78 is 3.50. The highest BCUT2D eigenvalue weighted by atomic mass is 16.2. The standard InChI is InChI=1S/C25H23N5O2/c31-24(16-30-17-26-21(14-25(30)32)18-8-2-1-3-9-18)28-20-11-5-4-10-19(20)22-15-29-13-7-6-12-23(29)27-22/h1-5,8-11,14-15,17H,6-7,12-13,16H2,(H,28,31). The number of carbonyl (C=O) groups is 1. The molecule has 7 nitrogen and oxygen atoms in total. The number of benzene rings is 2. The Morgan fingerprint density at radius 3 is 2.62 bits per heavy atom. The average molecular weight is 425 g/mol. The van der Waals surface area contributed by atoms with Crippen molar-refractivity contribution in [3.8, 4) is 22.5 Å². The number of hydrogen-bond donors (Lipinski definition) is 1. The second-order valence-electron chi connectivity index (χ2n) is 7.89. The predicted octanol–water partition coefficient (Wildman–Crippen LogP) is 3.75. The molecule has 0 unspecified atom stereocenters. The molecule has 4 aromatic rings. The fourth-order valence-corrected chi connectivity index (χ4v) is 4.01. The van der Waals surface area contributed by atoms with E-state index in [-0.39, 0.29) is 18.0 Å². The van der Waals surface area contributed by atoms with Crippen LogP contribution in [0.3, 0.4) is 0 Å². The summed E-state index contributed by atoms with van der Waals surface area (Å²) in [5.74, 6) is 0.793. The van der Waals surface area contributed by atoms with E-state index in [4.69, 9.17) is 4.98 Å². The fourth-order valence-electron chi connectivity index (χ4n) is 4.01. The van der Waals surface area contributed by atoms with Gasteiger partial charge in [0.05, 0.1) is 23.4 Å². The van der Waals surface area contributed by atoms with E-state index in [1.165, 1.54) is 17.0 Å². The number of aromatic nitrogens is 4. The molecule has 0 atom stereocenters. The van der Waals surface area contributed by atoms with Gasteiger partial charge >= 0.3 is 0 Å². The number of para-hydroxylation sites is 1. The van der Waals surface area contributed by atoms with Gasteiger partial charge in [-0.15, -0.1) is 0 Å². The zero-order valence-electron chi connectivity index (χ0n) is 17.6. The van der Waals surface area contributed by atoms with E-state index in [1.54, 1.807) is 0 Å². The molecule has 7 heteroatoms. The molecule has 3 heterocycles. The van der Waals surface area contributed by atoms with Gasteiger partial charge < -0.3 is 9.88 Å². The number of nitrogens with one attached hydrogen (secondary N) is 1. The zero-order chi connectivity index (χ0) is 21.9. The zero-order valence-corrected chi connectivity index (χ0v) is 17.6. The molecule has 1 aliphatic rings. The minimum Gasteiger partial charge on any atom is -0.334 e. The van der Waals surface area contributed by atoms with Crippen LogP contribution in [0.5, 0.6) is 0 Å². The van der Waals surface area contributed by atoms with E-state index in [0.29, 0.717) is 11.4 Å². The molecule has 160 valence electrons. The van der Waals surface area contributed by atoms with Crippen LogP contribution in [0.4, 0.5) is 5.69 Å². The maximum Gasteiger partial charge on any atom is 0.254 e. The third kappa shape index (κ3) is 4.09. The summed E-state index contributed by atoms with van der Waals surface area (Å²) >= 11 is 0. The molecule has 0 saturated carbocycles. The Hall–Kier alpha value is -4.00. The van der Waals surface area contributed by atoms with Gasteiger partial charge in [0.2, 0.25) is 5.91 Å². The highest BCUT2D eigenvalue weighted by Crippen LogP contribution is 2.29. The number of anilines is 1. The van der Waals surface area contributed by atoms with Gasteiger partial charge in [0.25, 0.3) is 5.56 Å². The Morgan fingerprint density at radius 1 is 1.00 bits per heavy atom. The quantitative estimate of drug-likeness (QED) is 0.528. The van der Waals surface area contributed by atoms with Crippen LogP contribution in [0.2, 0.25) is 0 Å². The summed E-state index contributed by atoms with van der Waals surface area (Å²) in [5, 5.41) is 2.94. The third-order valence-corrected chi connectivity index (χ3v) is 5.65. The lowest BCUT2D eigenvalue weighted by atomic mass is 10.1. The van der Waals surface area contributed by atoms with Gasteiger partial charge in [-0.1, -0.05) is 48.5 Å². The Bertz CT molecular complexity index is 1300. The fraction of sp³-hybridized carbons (Fsp3) is 0.200. The van der Waals surface area contributed by atoms with Crippen LogP contribution in [0.15, 0.2) is 78.0 Å². The Kier molecular flexibility index (Phi) is 5.37. The maximum absolute atomic E-state index is 12.7. The van der Waals surface area contributed by atoms with E-state index in [0.717, 1.165) is 48.5 Å².